The van der Waals surface area contributed by atoms with Crippen LogP contribution in [0.25, 0.3) is 0 Å². The van der Waals surface area contributed by atoms with Crippen LogP contribution in [0.3, 0.4) is 0 Å². The van der Waals surface area contributed by atoms with Crippen molar-refractivity contribution in [1.29, 1.82) is 0 Å². The summed E-state index contributed by atoms with van der Waals surface area (Å²) in [6, 6.07) is 4.91. The van der Waals surface area contributed by atoms with Crippen LogP contribution in [0.2, 0.25) is 0 Å². The van der Waals surface area contributed by atoms with Gasteiger partial charge in [0, 0.05) is 12.1 Å². The van der Waals surface area contributed by atoms with Gasteiger partial charge in [0.1, 0.15) is 5.82 Å². The average molecular weight is 249 g/mol. The first-order valence-corrected chi connectivity index (χ1v) is 6.53. The van der Waals surface area contributed by atoms with E-state index in [-0.39, 0.29) is 12.4 Å². The second-order valence-electron chi connectivity index (χ2n) is 4.87. The predicted octanol–water partition coefficient (Wildman–Crippen LogP) is 2.76. The number of benzene rings is 1. The molecule has 0 aliphatic heterocycles. The lowest BCUT2D eigenvalue weighted by Gasteiger charge is -2.18. The summed E-state index contributed by atoms with van der Waals surface area (Å²) in [7, 11) is 0. The molecule has 1 atom stereocenters. The van der Waals surface area contributed by atoms with Crippen LogP contribution in [-0.2, 0) is 13.2 Å². The van der Waals surface area contributed by atoms with Gasteiger partial charge in [-0.3, -0.25) is 0 Å². The van der Waals surface area contributed by atoms with Crippen molar-refractivity contribution in [2.45, 2.75) is 32.4 Å². The van der Waals surface area contributed by atoms with E-state index in [2.05, 4.69) is 17.5 Å². The first-order chi connectivity index (χ1) is 8.79. The Balaban J connectivity index is 1.81. The molecule has 1 aliphatic carbocycles. The molecule has 0 saturated carbocycles. The Hall–Kier alpha value is -1.19. The summed E-state index contributed by atoms with van der Waals surface area (Å²) in [6.07, 6.45) is 8.06. The Morgan fingerprint density at radius 1 is 1.33 bits per heavy atom. The Morgan fingerprint density at radius 3 is 2.94 bits per heavy atom. The molecule has 0 fully saturated rings. The largest absolute Gasteiger partial charge is 0.392 e. The van der Waals surface area contributed by atoms with Crippen LogP contribution in [0.4, 0.5) is 4.39 Å². The molecule has 2 rings (SSSR count). The fraction of sp³-hybridized carbons (Fsp3) is 0.467. The third-order valence-corrected chi connectivity index (χ3v) is 3.42. The molecule has 0 saturated heterocycles. The summed E-state index contributed by atoms with van der Waals surface area (Å²) in [5.41, 5.74) is 1.39. The van der Waals surface area contributed by atoms with Crippen molar-refractivity contribution in [3.63, 3.8) is 0 Å². The van der Waals surface area contributed by atoms with Gasteiger partial charge in [-0.1, -0.05) is 18.2 Å². The van der Waals surface area contributed by atoms with E-state index >= 15 is 0 Å². The van der Waals surface area contributed by atoms with Crippen molar-refractivity contribution in [2.75, 3.05) is 6.54 Å². The van der Waals surface area contributed by atoms with Crippen molar-refractivity contribution in [3.05, 3.63) is 47.3 Å². The summed E-state index contributed by atoms with van der Waals surface area (Å²) < 4.78 is 13.2. The lowest BCUT2D eigenvalue weighted by molar-refractivity contribution is 0.275. The molecular formula is C15H20FNO. The molecule has 0 radical (unpaired) electrons. The molecule has 98 valence electrons. The number of hydrogen-bond acceptors (Lipinski definition) is 2. The maximum Gasteiger partial charge on any atom is 0.128 e. The molecule has 1 unspecified atom stereocenters. The van der Waals surface area contributed by atoms with Gasteiger partial charge >= 0.3 is 0 Å². The van der Waals surface area contributed by atoms with Crippen molar-refractivity contribution < 1.29 is 9.50 Å². The summed E-state index contributed by atoms with van der Waals surface area (Å²) in [6.45, 7) is 1.48. The molecule has 0 spiro atoms. The van der Waals surface area contributed by atoms with Gasteiger partial charge in [0.25, 0.3) is 0 Å². The molecule has 2 N–H and O–H groups in total. The van der Waals surface area contributed by atoms with E-state index in [1.807, 2.05) is 0 Å². The van der Waals surface area contributed by atoms with Gasteiger partial charge in [-0.25, -0.2) is 4.39 Å². The normalized spacial score (nSPS) is 19.1. The summed E-state index contributed by atoms with van der Waals surface area (Å²) >= 11 is 0. The fourth-order valence-corrected chi connectivity index (χ4v) is 2.32. The van der Waals surface area contributed by atoms with Crippen LogP contribution < -0.4 is 5.32 Å². The van der Waals surface area contributed by atoms with E-state index < -0.39 is 0 Å². The van der Waals surface area contributed by atoms with E-state index in [9.17, 15) is 4.39 Å². The monoisotopic (exact) mass is 249 g/mol. The Labute approximate surface area is 108 Å². The number of rotatable bonds is 5. The standard InChI is InChI=1S/C15H20FNO/c16-15-7-6-13(8-14(15)11-18)10-17-9-12-4-2-1-3-5-12/h1-2,6-8,12,17-18H,3-5,9-11H2. The van der Waals surface area contributed by atoms with Crippen LogP contribution in [-0.4, -0.2) is 11.7 Å². The fourth-order valence-electron chi connectivity index (χ4n) is 2.32. The van der Waals surface area contributed by atoms with Gasteiger partial charge in [0.15, 0.2) is 0 Å². The highest BCUT2D eigenvalue weighted by molar-refractivity contribution is 5.24. The van der Waals surface area contributed by atoms with Crippen LogP contribution >= 0.6 is 0 Å². The van der Waals surface area contributed by atoms with Crippen molar-refractivity contribution in [2.24, 2.45) is 5.92 Å². The average Bonchev–Trinajstić information content (AvgIpc) is 2.42. The topological polar surface area (TPSA) is 32.3 Å². The number of nitrogens with one attached hydrogen (secondary N) is 1. The summed E-state index contributed by atoms with van der Waals surface area (Å²) in [5, 5.41) is 12.4. The molecule has 0 bridgehead atoms. The van der Waals surface area contributed by atoms with Gasteiger partial charge in [-0.2, -0.15) is 0 Å². The quantitative estimate of drug-likeness (QED) is 0.786. The Morgan fingerprint density at radius 2 is 2.22 bits per heavy atom. The SMILES string of the molecule is OCc1cc(CNCC2CC=CCC2)ccc1F. The molecule has 0 heterocycles. The van der Waals surface area contributed by atoms with Gasteiger partial charge in [0.2, 0.25) is 0 Å². The summed E-state index contributed by atoms with van der Waals surface area (Å²) in [5.74, 6) is 0.381. The predicted molar refractivity (Wildman–Crippen MR) is 70.5 cm³/mol. The Bertz CT molecular complexity index is 417. The maximum atomic E-state index is 13.2. The molecule has 18 heavy (non-hydrogen) atoms. The maximum absolute atomic E-state index is 13.2. The van der Waals surface area contributed by atoms with Crippen LogP contribution in [0, 0.1) is 11.7 Å². The number of aliphatic hydroxyl groups is 1. The zero-order chi connectivity index (χ0) is 12.8. The van der Waals surface area contributed by atoms with E-state index in [4.69, 9.17) is 5.11 Å². The Kier molecular flexibility index (Phi) is 4.90. The van der Waals surface area contributed by atoms with Crippen molar-refractivity contribution in [1.82, 2.24) is 5.32 Å². The van der Waals surface area contributed by atoms with E-state index in [1.54, 1.807) is 12.1 Å². The number of hydrogen-bond donors (Lipinski definition) is 2. The zero-order valence-corrected chi connectivity index (χ0v) is 10.5. The van der Waals surface area contributed by atoms with Gasteiger partial charge < -0.3 is 10.4 Å². The van der Waals surface area contributed by atoms with E-state index in [0.29, 0.717) is 11.5 Å². The molecule has 1 aromatic rings. The van der Waals surface area contributed by atoms with Gasteiger partial charge in [0.05, 0.1) is 6.61 Å². The highest BCUT2D eigenvalue weighted by Gasteiger charge is 2.09. The molecule has 3 heteroatoms. The van der Waals surface area contributed by atoms with E-state index in [1.165, 1.54) is 18.9 Å². The lowest BCUT2D eigenvalue weighted by atomic mass is 9.94. The molecule has 1 aliphatic rings. The number of halogens is 1. The van der Waals surface area contributed by atoms with Crippen molar-refractivity contribution in [3.8, 4) is 0 Å². The highest BCUT2D eigenvalue weighted by Crippen LogP contribution is 2.17. The second-order valence-corrected chi connectivity index (χ2v) is 4.87. The second kappa shape index (κ2) is 6.66. The van der Waals surface area contributed by atoms with Crippen LogP contribution in [0.15, 0.2) is 30.4 Å². The minimum atomic E-state index is -0.335. The van der Waals surface area contributed by atoms with Crippen LogP contribution in [0.1, 0.15) is 30.4 Å². The lowest BCUT2D eigenvalue weighted by Crippen LogP contribution is -2.23. The zero-order valence-electron chi connectivity index (χ0n) is 10.5. The molecule has 0 aromatic heterocycles. The van der Waals surface area contributed by atoms with E-state index in [0.717, 1.165) is 25.1 Å². The van der Waals surface area contributed by atoms with Crippen molar-refractivity contribution >= 4 is 0 Å². The molecule has 1 aromatic carbocycles. The molecular weight excluding hydrogens is 229 g/mol. The first-order valence-electron chi connectivity index (χ1n) is 6.53. The third kappa shape index (κ3) is 3.65. The van der Waals surface area contributed by atoms with Gasteiger partial charge in [-0.15, -0.1) is 0 Å². The minimum Gasteiger partial charge on any atom is -0.392 e. The molecule has 0 amide bonds. The smallest absolute Gasteiger partial charge is 0.128 e. The van der Waals surface area contributed by atoms with Gasteiger partial charge in [-0.05, 0) is 49.4 Å². The highest BCUT2D eigenvalue weighted by atomic mass is 19.1. The molecule has 2 nitrogen and oxygen atoms in total. The summed E-state index contributed by atoms with van der Waals surface area (Å²) in [4.78, 5) is 0. The first kappa shape index (κ1) is 13.2. The number of aliphatic hydroxyl groups excluding tert-OH is 1. The minimum absolute atomic E-state index is 0.243. The third-order valence-electron chi connectivity index (χ3n) is 3.42. The number of allylic oxidation sites excluding steroid dienone is 2. The van der Waals surface area contributed by atoms with Crippen LogP contribution in [0.5, 0.6) is 0 Å².